The zero-order valence-electron chi connectivity index (χ0n) is 12.2. The Bertz CT molecular complexity index is 527. The number of likely N-dealkylation sites (tertiary alicyclic amines) is 1. The van der Waals surface area contributed by atoms with Gasteiger partial charge in [-0.05, 0) is 39.0 Å². The lowest BCUT2D eigenvalue weighted by atomic mass is 10.0. The molecule has 2 N–H and O–H groups in total. The van der Waals surface area contributed by atoms with Crippen LogP contribution in [0.3, 0.4) is 0 Å². The fourth-order valence-electron chi connectivity index (χ4n) is 2.38. The monoisotopic (exact) mass is 292 g/mol. The molecule has 0 unspecified atom stereocenters. The minimum Gasteiger partial charge on any atom is -0.478 e. The lowest BCUT2D eigenvalue weighted by Gasteiger charge is -2.35. The Labute approximate surface area is 123 Å². The molecule has 0 aromatic carbocycles. The standard InChI is InChI=1S/C14H20N4O3/c1-17-5-3-12(4-6-17)18(2)14(21)16-11-7-10(13(19)20)8-15-9-11/h7-9,12H,3-6H2,1-2H3,(H,16,21)(H,19,20). The Kier molecular flexibility index (Phi) is 4.74. The summed E-state index contributed by atoms with van der Waals surface area (Å²) in [5.41, 5.74) is 0.439. The van der Waals surface area contributed by atoms with Gasteiger partial charge in [-0.1, -0.05) is 0 Å². The van der Waals surface area contributed by atoms with Crippen LogP contribution >= 0.6 is 0 Å². The molecule has 7 heteroatoms. The lowest BCUT2D eigenvalue weighted by Crippen LogP contribution is -2.46. The first-order valence-electron chi connectivity index (χ1n) is 6.88. The van der Waals surface area contributed by atoms with Crippen LogP contribution in [0.5, 0.6) is 0 Å². The molecular weight excluding hydrogens is 272 g/mol. The second-order valence-corrected chi connectivity index (χ2v) is 5.34. The number of nitrogens with zero attached hydrogens (tertiary/aromatic N) is 3. The summed E-state index contributed by atoms with van der Waals surface area (Å²) in [6, 6.07) is 1.36. The van der Waals surface area contributed by atoms with Crippen molar-refractivity contribution in [3.05, 3.63) is 24.0 Å². The van der Waals surface area contributed by atoms with E-state index in [1.54, 1.807) is 11.9 Å². The van der Waals surface area contributed by atoms with E-state index in [0.29, 0.717) is 5.69 Å². The van der Waals surface area contributed by atoms with E-state index in [1.807, 2.05) is 0 Å². The summed E-state index contributed by atoms with van der Waals surface area (Å²) in [5, 5.41) is 11.6. The van der Waals surface area contributed by atoms with Gasteiger partial charge in [0, 0.05) is 19.3 Å². The summed E-state index contributed by atoms with van der Waals surface area (Å²) < 4.78 is 0. The molecule has 1 fully saturated rings. The Morgan fingerprint density at radius 3 is 2.67 bits per heavy atom. The number of hydrogen-bond acceptors (Lipinski definition) is 4. The third-order valence-corrected chi connectivity index (χ3v) is 3.79. The molecule has 2 amide bonds. The Hall–Kier alpha value is -2.15. The third kappa shape index (κ3) is 3.91. The first-order valence-corrected chi connectivity index (χ1v) is 6.88. The van der Waals surface area contributed by atoms with Crippen molar-refractivity contribution >= 4 is 17.7 Å². The molecule has 0 saturated carbocycles. The Morgan fingerprint density at radius 1 is 1.38 bits per heavy atom. The van der Waals surface area contributed by atoms with Gasteiger partial charge in [-0.2, -0.15) is 0 Å². The number of aromatic carboxylic acids is 1. The van der Waals surface area contributed by atoms with Gasteiger partial charge in [0.1, 0.15) is 0 Å². The third-order valence-electron chi connectivity index (χ3n) is 3.79. The zero-order chi connectivity index (χ0) is 15.4. The largest absolute Gasteiger partial charge is 0.478 e. The van der Waals surface area contributed by atoms with Crippen molar-refractivity contribution in [2.45, 2.75) is 18.9 Å². The predicted octanol–water partition coefficient (Wildman–Crippen LogP) is 1.34. The first-order chi connectivity index (χ1) is 9.97. The van der Waals surface area contributed by atoms with Crippen LogP contribution in [0.25, 0.3) is 0 Å². The number of aromatic nitrogens is 1. The van der Waals surface area contributed by atoms with E-state index in [4.69, 9.17) is 5.11 Å². The number of urea groups is 1. The Morgan fingerprint density at radius 2 is 2.05 bits per heavy atom. The molecule has 1 saturated heterocycles. The van der Waals surface area contributed by atoms with E-state index in [0.717, 1.165) is 25.9 Å². The summed E-state index contributed by atoms with van der Waals surface area (Å²) in [4.78, 5) is 30.8. The molecule has 114 valence electrons. The predicted molar refractivity (Wildman–Crippen MR) is 78.5 cm³/mol. The molecule has 1 aromatic heterocycles. The highest BCUT2D eigenvalue weighted by molar-refractivity contribution is 5.92. The number of nitrogens with one attached hydrogen (secondary N) is 1. The van der Waals surface area contributed by atoms with Crippen molar-refractivity contribution in [2.75, 3.05) is 32.5 Å². The number of carbonyl (C=O) groups excluding carboxylic acids is 1. The van der Waals surface area contributed by atoms with Gasteiger partial charge >= 0.3 is 12.0 Å². The lowest BCUT2D eigenvalue weighted by molar-refractivity contribution is 0.0696. The molecule has 1 aliphatic heterocycles. The number of piperidine rings is 1. The maximum absolute atomic E-state index is 12.2. The smallest absolute Gasteiger partial charge is 0.337 e. The number of carboxylic acid groups (broad SMARTS) is 1. The minimum atomic E-state index is -1.07. The molecule has 2 heterocycles. The van der Waals surface area contributed by atoms with E-state index in [9.17, 15) is 9.59 Å². The average Bonchev–Trinajstić information content (AvgIpc) is 2.47. The number of hydrogen-bond donors (Lipinski definition) is 2. The second-order valence-electron chi connectivity index (χ2n) is 5.34. The van der Waals surface area contributed by atoms with Gasteiger partial charge < -0.3 is 20.2 Å². The highest BCUT2D eigenvalue weighted by Crippen LogP contribution is 2.16. The van der Waals surface area contributed by atoms with Crippen LogP contribution in [0.15, 0.2) is 18.5 Å². The van der Waals surface area contributed by atoms with Crippen molar-refractivity contribution in [3.8, 4) is 0 Å². The fourth-order valence-corrected chi connectivity index (χ4v) is 2.38. The van der Waals surface area contributed by atoms with Crippen molar-refractivity contribution in [3.63, 3.8) is 0 Å². The van der Waals surface area contributed by atoms with Crippen LogP contribution in [-0.2, 0) is 0 Å². The van der Waals surface area contributed by atoms with Gasteiger partial charge in [0.2, 0.25) is 0 Å². The van der Waals surface area contributed by atoms with Gasteiger partial charge in [0.05, 0.1) is 17.4 Å². The van der Waals surface area contributed by atoms with Crippen LogP contribution in [-0.4, -0.2) is 65.1 Å². The van der Waals surface area contributed by atoms with Crippen LogP contribution in [0.1, 0.15) is 23.2 Å². The maximum atomic E-state index is 12.2. The summed E-state index contributed by atoms with van der Waals surface area (Å²) in [6.45, 7) is 1.94. The van der Waals surface area contributed by atoms with Crippen LogP contribution in [0.4, 0.5) is 10.5 Å². The number of anilines is 1. The molecule has 2 rings (SSSR count). The normalized spacial score (nSPS) is 16.5. The summed E-state index contributed by atoms with van der Waals surface area (Å²) in [5.74, 6) is -1.07. The van der Waals surface area contributed by atoms with Crippen LogP contribution < -0.4 is 5.32 Å². The zero-order valence-corrected chi connectivity index (χ0v) is 12.2. The number of amides is 2. The SMILES string of the molecule is CN1CCC(N(C)C(=O)Nc2cncc(C(=O)O)c2)CC1. The molecule has 0 spiro atoms. The van der Waals surface area contributed by atoms with E-state index in [2.05, 4.69) is 22.2 Å². The molecule has 21 heavy (non-hydrogen) atoms. The number of pyridine rings is 1. The molecular formula is C14H20N4O3. The molecule has 0 atom stereocenters. The van der Waals surface area contributed by atoms with Crippen molar-refractivity contribution in [1.82, 2.24) is 14.8 Å². The maximum Gasteiger partial charge on any atom is 0.337 e. The Balaban J connectivity index is 1.97. The number of carboxylic acids is 1. The quantitative estimate of drug-likeness (QED) is 0.878. The molecule has 0 aliphatic carbocycles. The van der Waals surface area contributed by atoms with Crippen LogP contribution in [0.2, 0.25) is 0 Å². The number of carbonyl (C=O) groups is 2. The minimum absolute atomic E-state index is 0.0507. The molecule has 1 aliphatic rings. The van der Waals surface area contributed by atoms with E-state index >= 15 is 0 Å². The van der Waals surface area contributed by atoms with E-state index < -0.39 is 5.97 Å². The van der Waals surface area contributed by atoms with Crippen molar-refractivity contribution < 1.29 is 14.7 Å². The van der Waals surface area contributed by atoms with Gasteiger partial charge in [-0.25, -0.2) is 9.59 Å². The first kappa shape index (κ1) is 15.2. The van der Waals surface area contributed by atoms with Gasteiger partial charge in [-0.3, -0.25) is 4.98 Å². The van der Waals surface area contributed by atoms with Gasteiger partial charge in [-0.15, -0.1) is 0 Å². The number of rotatable bonds is 3. The second kappa shape index (κ2) is 6.53. The van der Waals surface area contributed by atoms with E-state index in [1.165, 1.54) is 18.5 Å². The summed E-state index contributed by atoms with van der Waals surface area (Å²) >= 11 is 0. The van der Waals surface area contributed by atoms with Crippen molar-refractivity contribution in [2.24, 2.45) is 0 Å². The molecule has 7 nitrogen and oxygen atoms in total. The van der Waals surface area contributed by atoms with Crippen molar-refractivity contribution in [1.29, 1.82) is 0 Å². The summed E-state index contributed by atoms with van der Waals surface area (Å²) in [7, 11) is 3.83. The van der Waals surface area contributed by atoms with Gasteiger partial charge in [0.25, 0.3) is 0 Å². The summed E-state index contributed by atoms with van der Waals surface area (Å²) in [6.07, 6.45) is 4.56. The van der Waals surface area contributed by atoms with Gasteiger partial charge in [0.15, 0.2) is 0 Å². The molecule has 0 bridgehead atoms. The van der Waals surface area contributed by atoms with Crippen LogP contribution in [0, 0.1) is 0 Å². The topological polar surface area (TPSA) is 85.8 Å². The highest BCUT2D eigenvalue weighted by Gasteiger charge is 2.24. The average molecular weight is 292 g/mol. The molecule has 0 radical (unpaired) electrons. The fraction of sp³-hybridized carbons (Fsp3) is 0.500. The highest BCUT2D eigenvalue weighted by atomic mass is 16.4. The van der Waals surface area contributed by atoms with E-state index in [-0.39, 0.29) is 17.6 Å². The molecule has 1 aromatic rings.